The van der Waals surface area contributed by atoms with Crippen LogP contribution in [0.5, 0.6) is 0 Å². The Morgan fingerprint density at radius 1 is 1.18 bits per heavy atom. The van der Waals surface area contributed by atoms with Crippen LogP contribution in [0.1, 0.15) is 45.2 Å². The number of anilines is 2. The van der Waals surface area contributed by atoms with Crippen LogP contribution in [0, 0.1) is 11.7 Å². The molecule has 2 aromatic rings. The summed E-state index contributed by atoms with van der Waals surface area (Å²) in [5.74, 6) is 0.144. The lowest BCUT2D eigenvalue weighted by Gasteiger charge is -2.32. The molecule has 0 bridgehead atoms. The predicted octanol–water partition coefficient (Wildman–Crippen LogP) is 3.40. The first-order valence-electron chi connectivity index (χ1n) is 11.5. The molecule has 1 aliphatic rings. The highest BCUT2D eigenvalue weighted by Crippen LogP contribution is 2.34. The van der Waals surface area contributed by atoms with Crippen LogP contribution < -0.4 is 15.5 Å². The Morgan fingerprint density at radius 3 is 2.52 bits per heavy atom. The molecular weight excluding hydrogens is 421 g/mol. The Kier molecular flexibility index (Phi) is 8.02. The van der Waals surface area contributed by atoms with Crippen molar-refractivity contribution in [3.05, 3.63) is 54.0 Å². The highest BCUT2D eigenvalue weighted by Gasteiger charge is 2.36. The maximum absolute atomic E-state index is 13.5. The van der Waals surface area contributed by atoms with Crippen LogP contribution in [0.25, 0.3) is 0 Å². The largest absolute Gasteiger partial charge is 0.343 e. The molecule has 1 fully saturated rings. The Bertz CT molecular complexity index is 966. The molecule has 1 saturated heterocycles. The number of likely N-dealkylation sites (tertiary alicyclic amines) is 1. The molecular formula is C25H34FN5O2. The maximum atomic E-state index is 13.5. The summed E-state index contributed by atoms with van der Waals surface area (Å²) in [7, 11) is 3.60. The second-order valence-corrected chi connectivity index (χ2v) is 8.91. The number of pyridine rings is 1. The van der Waals surface area contributed by atoms with Crippen LogP contribution in [0.3, 0.4) is 0 Å². The third-order valence-electron chi connectivity index (χ3n) is 6.30. The summed E-state index contributed by atoms with van der Waals surface area (Å²) < 4.78 is 13.3. The van der Waals surface area contributed by atoms with Gasteiger partial charge >= 0.3 is 0 Å². The number of likely N-dealkylation sites (N-methyl/N-ethyl adjacent to an activating group) is 1. The minimum atomic E-state index is -0.586. The molecule has 2 amide bonds. The summed E-state index contributed by atoms with van der Waals surface area (Å²) in [6.45, 7) is 6.31. The third kappa shape index (κ3) is 5.68. The van der Waals surface area contributed by atoms with E-state index >= 15 is 0 Å². The van der Waals surface area contributed by atoms with Crippen molar-refractivity contribution >= 4 is 23.3 Å². The van der Waals surface area contributed by atoms with Gasteiger partial charge in [0.15, 0.2) is 0 Å². The van der Waals surface area contributed by atoms with Crippen molar-refractivity contribution in [3.63, 3.8) is 0 Å². The summed E-state index contributed by atoms with van der Waals surface area (Å²) in [4.78, 5) is 34.2. The molecule has 3 atom stereocenters. The molecule has 1 aliphatic heterocycles. The SMILES string of the molecule is CN[C@@H](C)C(=O)N[C@H](C(=O)N1CCC[C@H]1c1ccnc(N(C)c2ccc(F)cc2)c1)C(C)C. The predicted molar refractivity (Wildman–Crippen MR) is 128 cm³/mol. The fraction of sp³-hybridized carbons (Fsp3) is 0.480. The van der Waals surface area contributed by atoms with E-state index in [1.54, 1.807) is 32.3 Å². The number of hydrogen-bond donors (Lipinski definition) is 2. The lowest BCUT2D eigenvalue weighted by atomic mass is 10.00. The zero-order valence-electron chi connectivity index (χ0n) is 20.0. The van der Waals surface area contributed by atoms with E-state index in [4.69, 9.17) is 0 Å². The van der Waals surface area contributed by atoms with Crippen LogP contribution in [0.15, 0.2) is 42.6 Å². The minimum absolute atomic E-state index is 0.0376. The smallest absolute Gasteiger partial charge is 0.245 e. The fourth-order valence-electron chi connectivity index (χ4n) is 4.10. The second-order valence-electron chi connectivity index (χ2n) is 8.91. The molecule has 0 unspecified atom stereocenters. The van der Waals surface area contributed by atoms with Crippen molar-refractivity contribution in [3.8, 4) is 0 Å². The van der Waals surface area contributed by atoms with Crippen molar-refractivity contribution in [1.29, 1.82) is 0 Å². The zero-order valence-corrected chi connectivity index (χ0v) is 20.0. The molecule has 1 aromatic carbocycles. The Balaban J connectivity index is 1.81. The standard InChI is InChI=1S/C25H34FN5O2/c1-16(2)23(29-24(32)17(3)27-4)25(33)31-14-6-7-21(31)18-12-13-28-22(15-18)30(5)20-10-8-19(26)9-11-20/h8-13,15-17,21,23,27H,6-7,14H2,1-5H3,(H,29,32)/t17-,21-,23-/m0/s1. The monoisotopic (exact) mass is 455 g/mol. The summed E-state index contributed by atoms with van der Waals surface area (Å²) in [5, 5.41) is 5.84. The molecule has 2 heterocycles. The van der Waals surface area contributed by atoms with E-state index in [0.29, 0.717) is 6.54 Å². The normalized spacial score (nSPS) is 17.7. The topological polar surface area (TPSA) is 77.6 Å². The number of nitrogens with one attached hydrogen (secondary N) is 2. The summed E-state index contributed by atoms with van der Waals surface area (Å²) in [6, 6.07) is 9.12. The molecule has 2 N–H and O–H groups in total. The molecule has 3 rings (SSSR count). The van der Waals surface area contributed by atoms with Crippen molar-refractivity contribution in [1.82, 2.24) is 20.5 Å². The van der Waals surface area contributed by atoms with Crippen LogP contribution in [-0.4, -0.2) is 54.4 Å². The Labute approximate surface area is 195 Å². The van der Waals surface area contributed by atoms with Gasteiger partial charge in [-0.15, -0.1) is 0 Å². The van der Waals surface area contributed by atoms with Gasteiger partial charge in [0.05, 0.1) is 12.1 Å². The zero-order chi connectivity index (χ0) is 24.1. The Morgan fingerprint density at radius 2 is 1.88 bits per heavy atom. The van der Waals surface area contributed by atoms with Gasteiger partial charge in [-0.1, -0.05) is 13.8 Å². The number of amides is 2. The highest BCUT2D eigenvalue weighted by atomic mass is 19.1. The molecule has 8 heteroatoms. The molecule has 0 radical (unpaired) electrons. The van der Waals surface area contributed by atoms with Gasteiger partial charge in [0.2, 0.25) is 11.8 Å². The van der Waals surface area contributed by atoms with Crippen LogP contribution in [-0.2, 0) is 9.59 Å². The van der Waals surface area contributed by atoms with E-state index < -0.39 is 6.04 Å². The average molecular weight is 456 g/mol. The summed E-state index contributed by atoms with van der Waals surface area (Å²) >= 11 is 0. The number of halogens is 1. The van der Waals surface area contributed by atoms with Gasteiger partial charge in [-0.25, -0.2) is 9.37 Å². The van der Waals surface area contributed by atoms with Crippen LogP contribution >= 0.6 is 0 Å². The quantitative estimate of drug-likeness (QED) is 0.638. The van der Waals surface area contributed by atoms with E-state index in [0.717, 1.165) is 29.9 Å². The fourth-order valence-corrected chi connectivity index (χ4v) is 4.10. The molecule has 33 heavy (non-hydrogen) atoms. The van der Waals surface area contributed by atoms with Gasteiger partial charge in [-0.3, -0.25) is 9.59 Å². The number of benzene rings is 1. The Hall–Kier alpha value is -3.00. The van der Waals surface area contributed by atoms with E-state index in [1.165, 1.54) is 12.1 Å². The van der Waals surface area contributed by atoms with Gasteiger partial charge in [0.25, 0.3) is 0 Å². The van der Waals surface area contributed by atoms with Gasteiger partial charge in [-0.2, -0.15) is 0 Å². The second kappa shape index (κ2) is 10.7. The highest BCUT2D eigenvalue weighted by molar-refractivity contribution is 5.90. The van der Waals surface area contributed by atoms with Gasteiger partial charge < -0.3 is 20.4 Å². The van der Waals surface area contributed by atoms with Crippen LogP contribution in [0.2, 0.25) is 0 Å². The van der Waals surface area contributed by atoms with Gasteiger partial charge in [0.1, 0.15) is 17.7 Å². The van der Waals surface area contributed by atoms with E-state index in [9.17, 15) is 14.0 Å². The number of carbonyl (C=O) groups is 2. The number of rotatable bonds is 8. The van der Waals surface area contributed by atoms with Gasteiger partial charge in [-0.05, 0) is 74.7 Å². The van der Waals surface area contributed by atoms with Crippen molar-refractivity contribution in [2.45, 2.75) is 51.7 Å². The minimum Gasteiger partial charge on any atom is -0.343 e. The number of carbonyl (C=O) groups excluding carboxylic acids is 2. The molecule has 0 spiro atoms. The first-order chi connectivity index (χ1) is 15.7. The van der Waals surface area contributed by atoms with E-state index in [2.05, 4.69) is 15.6 Å². The molecule has 0 saturated carbocycles. The van der Waals surface area contributed by atoms with Crippen molar-refractivity contribution in [2.24, 2.45) is 5.92 Å². The average Bonchev–Trinajstić information content (AvgIpc) is 3.31. The lowest BCUT2D eigenvalue weighted by Crippen LogP contribution is -2.54. The summed E-state index contributed by atoms with van der Waals surface area (Å²) in [6.07, 6.45) is 3.48. The first-order valence-corrected chi connectivity index (χ1v) is 11.5. The maximum Gasteiger partial charge on any atom is 0.245 e. The van der Waals surface area contributed by atoms with Crippen molar-refractivity contribution < 1.29 is 14.0 Å². The van der Waals surface area contributed by atoms with E-state index in [1.807, 2.05) is 42.8 Å². The van der Waals surface area contributed by atoms with Crippen molar-refractivity contribution in [2.75, 3.05) is 25.5 Å². The molecule has 178 valence electrons. The van der Waals surface area contributed by atoms with Gasteiger partial charge in [0, 0.05) is 25.5 Å². The van der Waals surface area contributed by atoms with Crippen LogP contribution in [0.4, 0.5) is 15.9 Å². The molecule has 1 aromatic heterocycles. The van der Waals surface area contributed by atoms with E-state index in [-0.39, 0.29) is 35.6 Å². The lowest BCUT2D eigenvalue weighted by molar-refractivity contribution is -0.138. The number of aromatic nitrogens is 1. The molecule has 7 nitrogen and oxygen atoms in total. The third-order valence-corrected chi connectivity index (χ3v) is 6.30. The molecule has 0 aliphatic carbocycles. The summed E-state index contributed by atoms with van der Waals surface area (Å²) in [5.41, 5.74) is 1.82. The first kappa shape index (κ1) is 24.6. The number of hydrogen-bond acceptors (Lipinski definition) is 5. The number of nitrogens with zero attached hydrogens (tertiary/aromatic N) is 3.